The predicted octanol–water partition coefficient (Wildman–Crippen LogP) is 2.89. The van der Waals surface area contributed by atoms with Crippen molar-refractivity contribution in [3.8, 4) is 5.75 Å². The van der Waals surface area contributed by atoms with Crippen LogP contribution in [0.1, 0.15) is 10.4 Å². The molecule has 0 saturated carbocycles. The molecule has 0 unspecified atom stereocenters. The predicted molar refractivity (Wildman–Crippen MR) is 127 cm³/mol. The second-order valence-electron chi connectivity index (χ2n) is 7.48. The molecular weight excluding hydrogens is 420 g/mol. The number of fused-ring (bicyclic) bond motifs is 1. The highest BCUT2D eigenvalue weighted by Gasteiger charge is 2.31. The highest BCUT2D eigenvalue weighted by molar-refractivity contribution is 6.10. The van der Waals surface area contributed by atoms with Gasteiger partial charge in [-0.3, -0.25) is 14.4 Å². The molecule has 0 saturated heterocycles. The summed E-state index contributed by atoms with van der Waals surface area (Å²) in [4.78, 5) is 39.7. The van der Waals surface area contributed by atoms with Gasteiger partial charge >= 0.3 is 0 Å². The SMILES string of the molecule is CNC(=O)[C@@H]1CN(CC(=O)Nc2ccccc2C(=O)Nc2ccccc2)c2ccccc2O1. The van der Waals surface area contributed by atoms with Gasteiger partial charge in [-0.05, 0) is 36.4 Å². The number of carbonyl (C=O) groups excluding carboxylic acids is 3. The van der Waals surface area contributed by atoms with Crippen LogP contribution in [0.2, 0.25) is 0 Å². The van der Waals surface area contributed by atoms with Crippen molar-refractivity contribution < 1.29 is 19.1 Å². The molecule has 0 fully saturated rings. The number of ether oxygens (including phenoxy) is 1. The summed E-state index contributed by atoms with van der Waals surface area (Å²) in [5, 5.41) is 8.24. The molecule has 168 valence electrons. The van der Waals surface area contributed by atoms with Gasteiger partial charge in [-0.25, -0.2) is 0 Å². The average molecular weight is 444 g/mol. The van der Waals surface area contributed by atoms with Crippen LogP contribution in [-0.2, 0) is 9.59 Å². The zero-order valence-electron chi connectivity index (χ0n) is 18.1. The monoisotopic (exact) mass is 444 g/mol. The molecule has 0 spiro atoms. The number of hydrogen-bond donors (Lipinski definition) is 3. The van der Waals surface area contributed by atoms with Gasteiger partial charge in [0.15, 0.2) is 6.10 Å². The van der Waals surface area contributed by atoms with E-state index in [-0.39, 0.29) is 30.8 Å². The van der Waals surface area contributed by atoms with E-state index in [4.69, 9.17) is 4.74 Å². The Morgan fingerprint density at radius 3 is 2.39 bits per heavy atom. The van der Waals surface area contributed by atoms with Crippen LogP contribution in [0.4, 0.5) is 17.1 Å². The largest absolute Gasteiger partial charge is 0.477 e. The molecule has 8 heteroatoms. The lowest BCUT2D eigenvalue weighted by Gasteiger charge is -2.35. The molecule has 3 amide bonds. The standard InChI is InChI=1S/C25H24N4O4/c1-26-25(32)22-15-29(20-13-7-8-14-21(20)33-22)16-23(30)28-19-12-6-5-11-18(19)24(31)27-17-9-3-2-4-10-17/h2-14,22H,15-16H2,1H3,(H,26,32)(H,27,31)(H,28,30)/t22-/m0/s1. The molecule has 3 aromatic rings. The number of amides is 3. The Kier molecular flexibility index (Phi) is 6.54. The van der Waals surface area contributed by atoms with Gasteiger partial charge in [0, 0.05) is 12.7 Å². The maximum absolute atomic E-state index is 12.9. The second-order valence-corrected chi connectivity index (χ2v) is 7.48. The van der Waals surface area contributed by atoms with Crippen LogP contribution < -0.4 is 25.6 Å². The van der Waals surface area contributed by atoms with Gasteiger partial charge in [-0.15, -0.1) is 0 Å². The van der Waals surface area contributed by atoms with Crippen LogP contribution in [-0.4, -0.2) is 44.0 Å². The number of anilines is 3. The van der Waals surface area contributed by atoms with Crippen LogP contribution >= 0.6 is 0 Å². The van der Waals surface area contributed by atoms with Crippen LogP contribution in [0.25, 0.3) is 0 Å². The number of nitrogens with one attached hydrogen (secondary N) is 3. The van der Waals surface area contributed by atoms with Gasteiger partial charge < -0.3 is 25.6 Å². The Morgan fingerprint density at radius 2 is 1.61 bits per heavy atom. The molecule has 1 aliphatic rings. The van der Waals surface area contributed by atoms with Crippen LogP contribution in [0.15, 0.2) is 78.9 Å². The first kappa shape index (κ1) is 21.9. The number of carbonyl (C=O) groups is 3. The summed E-state index contributed by atoms with van der Waals surface area (Å²) >= 11 is 0. The van der Waals surface area contributed by atoms with Gasteiger partial charge in [0.05, 0.1) is 30.0 Å². The third kappa shape index (κ3) is 5.12. The third-order valence-corrected chi connectivity index (χ3v) is 5.21. The molecule has 33 heavy (non-hydrogen) atoms. The summed E-state index contributed by atoms with van der Waals surface area (Å²) < 4.78 is 5.78. The number of likely N-dealkylation sites (N-methyl/N-ethyl adjacent to an activating group) is 1. The lowest BCUT2D eigenvalue weighted by atomic mass is 10.1. The Morgan fingerprint density at radius 1 is 0.909 bits per heavy atom. The van der Waals surface area contributed by atoms with E-state index >= 15 is 0 Å². The van der Waals surface area contributed by atoms with Crippen molar-refractivity contribution in [1.82, 2.24) is 5.32 Å². The van der Waals surface area contributed by atoms with E-state index in [2.05, 4.69) is 16.0 Å². The molecular formula is C25H24N4O4. The quantitative estimate of drug-likeness (QED) is 0.543. The van der Waals surface area contributed by atoms with Crippen molar-refractivity contribution >= 4 is 34.8 Å². The number of para-hydroxylation sites is 4. The fourth-order valence-corrected chi connectivity index (χ4v) is 3.63. The molecule has 0 bridgehead atoms. The van der Waals surface area contributed by atoms with Gasteiger partial charge in [-0.1, -0.05) is 42.5 Å². The molecule has 1 atom stereocenters. The Balaban J connectivity index is 1.49. The summed E-state index contributed by atoms with van der Waals surface area (Å²) in [6.45, 7) is 0.211. The van der Waals surface area contributed by atoms with E-state index in [1.54, 1.807) is 54.4 Å². The first-order chi connectivity index (χ1) is 16.0. The van der Waals surface area contributed by atoms with Crippen LogP contribution in [0.5, 0.6) is 5.75 Å². The normalized spacial score (nSPS) is 14.5. The van der Waals surface area contributed by atoms with E-state index in [9.17, 15) is 14.4 Å². The minimum absolute atomic E-state index is 0.0114. The maximum Gasteiger partial charge on any atom is 0.262 e. The Bertz CT molecular complexity index is 1170. The first-order valence-corrected chi connectivity index (χ1v) is 10.5. The molecule has 3 N–H and O–H groups in total. The summed E-state index contributed by atoms with van der Waals surface area (Å²) in [6.07, 6.45) is -0.735. The molecule has 1 heterocycles. The van der Waals surface area contributed by atoms with E-state index in [1.165, 1.54) is 0 Å². The van der Waals surface area contributed by atoms with Crippen molar-refractivity contribution in [2.75, 3.05) is 35.7 Å². The molecule has 4 rings (SSSR count). The maximum atomic E-state index is 12.9. The topological polar surface area (TPSA) is 99.8 Å². The number of hydrogen-bond acceptors (Lipinski definition) is 5. The molecule has 3 aromatic carbocycles. The third-order valence-electron chi connectivity index (χ3n) is 5.21. The van der Waals surface area contributed by atoms with E-state index in [0.29, 0.717) is 22.7 Å². The number of nitrogens with zero attached hydrogens (tertiary/aromatic N) is 1. The number of benzene rings is 3. The van der Waals surface area contributed by atoms with Crippen molar-refractivity contribution in [1.29, 1.82) is 0 Å². The van der Waals surface area contributed by atoms with Gasteiger partial charge in [0.1, 0.15) is 5.75 Å². The molecule has 0 aliphatic carbocycles. The molecule has 0 aromatic heterocycles. The van der Waals surface area contributed by atoms with Crippen molar-refractivity contribution in [2.24, 2.45) is 0 Å². The lowest BCUT2D eigenvalue weighted by molar-refractivity contribution is -0.127. The average Bonchev–Trinajstić information content (AvgIpc) is 2.84. The minimum Gasteiger partial charge on any atom is -0.477 e. The second kappa shape index (κ2) is 9.86. The minimum atomic E-state index is -0.735. The van der Waals surface area contributed by atoms with Gasteiger partial charge in [-0.2, -0.15) is 0 Å². The van der Waals surface area contributed by atoms with Crippen molar-refractivity contribution in [3.63, 3.8) is 0 Å². The summed E-state index contributed by atoms with van der Waals surface area (Å²) in [7, 11) is 1.54. The van der Waals surface area contributed by atoms with Crippen LogP contribution in [0, 0.1) is 0 Å². The number of rotatable bonds is 6. The zero-order chi connectivity index (χ0) is 23.2. The van der Waals surface area contributed by atoms with Crippen molar-refractivity contribution in [3.05, 3.63) is 84.4 Å². The first-order valence-electron chi connectivity index (χ1n) is 10.5. The van der Waals surface area contributed by atoms with E-state index in [1.807, 2.05) is 36.4 Å². The summed E-state index contributed by atoms with van der Waals surface area (Å²) in [5.41, 5.74) is 2.14. The van der Waals surface area contributed by atoms with E-state index < -0.39 is 6.10 Å². The lowest BCUT2D eigenvalue weighted by Crippen LogP contribution is -2.50. The summed E-state index contributed by atoms with van der Waals surface area (Å²) in [6, 6.07) is 23.2. The molecule has 1 aliphatic heterocycles. The molecule has 0 radical (unpaired) electrons. The van der Waals surface area contributed by atoms with Crippen molar-refractivity contribution in [2.45, 2.75) is 6.10 Å². The fourth-order valence-electron chi connectivity index (χ4n) is 3.63. The Hall–Kier alpha value is -4.33. The van der Waals surface area contributed by atoms with E-state index in [0.717, 1.165) is 5.69 Å². The van der Waals surface area contributed by atoms with Gasteiger partial charge in [0.25, 0.3) is 11.8 Å². The van der Waals surface area contributed by atoms with Gasteiger partial charge in [0.2, 0.25) is 5.91 Å². The molecule has 8 nitrogen and oxygen atoms in total. The summed E-state index contributed by atoms with van der Waals surface area (Å²) in [5.74, 6) is -0.374. The van der Waals surface area contributed by atoms with Crippen LogP contribution in [0.3, 0.4) is 0 Å². The highest BCUT2D eigenvalue weighted by Crippen LogP contribution is 2.33. The highest BCUT2D eigenvalue weighted by atomic mass is 16.5. The fraction of sp³-hybridized carbons (Fsp3) is 0.160. The zero-order valence-corrected chi connectivity index (χ0v) is 18.1. The Labute approximate surface area is 191 Å². The smallest absolute Gasteiger partial charge is 0.262 e.